The van der Waals surface area contributed by atoms with Crippen molar-refractivity contribution in [1.82, 2.24) is 5.32 Å². The van der Waals surface area contributed by atoms with Crippen LogP contribution in [0.3, 0.4) is 0 Å². The maximum absolute atomic E-state index is 11.6. The molecule has 1 aliphatic heterocycles. The molecule has 0 saturated carbocycles. The van der Waals surface area contributed by atoms with E-state index in [0.717, 1.165) is 6.42 Å². The molecule has 0 spiro atoms. The Morgan fingerprint density at radius 2 is 2.18 bits per heavy atom. The number of carbonyl (C=O) groups excluding carboxylic acids is 1. The quantitative estimate of drug-likeness (QED) is 0.702. The molecule has 1 rings (SSSR count). The minimum atomic E-state index is -2.97. The van der Waals surface area contributed by atoms with Crippen LogP contribution in [0.2, 0.25) is 0 Å². The van der Waals surface area contributed by atoms with E-state index in [4.69, 9.17) is 4.74 Å². The molecule has 1 amide bonds. The highest BCUT2D eigenvalue weighted by Crippen LogP contribution is 2.18. The van der Waals surface area contributed by atoms with Crippen molar-refractivity contribution in [3.8, 4) is 0 Å². The standard InChI is InChI=1S/C11H21NO4S/c1-9(2)16-6-3-5-12-11(13)10-4-7-17(14,15)8-10/h9-10H,3-8H2,1-2H3,(H,12,13). The first-order chi connectivity index (χ1) is 7.91. The molecule has 1 aliphatic rings. The number of hydrogen-bond acceptors (Lipinski definition) is 4. The molecule has 1 saturated heterocycles. The van der Waals surface area contributed by atoms with Crippen LogP contribution in [0.15, 0.2) is 0 Å². The Balaban J connectivity index is 2.14. The van der Waals surface area contributed by atoms with Gasteiger partial charge in [0.15, 0.2) is 9.84 Å². The Bertz CT molecular complexity index is 350. The number of rotatable bonds is 6. The van der Waals surface area contributed by atoms with E-state index >= 15 is 0 Å². The number of carbonyl (C=O) groups is 1. The van der Waals surface area contributed by atoms with Crippen molar-refractivity contribution in [2.75, 3.05) is 24.7 Å². The van der Waals surface area contributed by atoms with Crippen LogP contribution in [0.5, 0.6) is 0 Å². The molecule has 0 aliphatic carbocycles. The van der Waals surface area contributed by atoms with Gasteiger partial charge >= 0.3 is 0 Å². The van der Waals surface area contributed by atoms with Crippen molar-refractivity contribution in [1.29, 1.82) is 0 Å². The smallest absolute Gasteiger partial charge is 0.224 e. The molecule has 1 N–H and O–H groups in total. The Kier molecular flexibility index (Phi) is 5.39. The molecule has 0 radical (unpaired) electrons. The van der Waals surface area contributed by atoms with Crippen LogP contribution in [0.4, 0.5) is 0 Å². The van der Waals surface area contributed by atoms with Crippen molar-refractivity contribution in [2.24, 2.45) is 5.92 Å². The maximum Gasteiger partial charge on any atom is 0.224 e. The predicted molar refractivity (Wildman–Crippen MR) is 65.5 cm³/mol. The van der Waals surface area contributed by atoms with E-state index in [1.54, 1.807) is 0 Å². The van der Waals surface area contributed by atoms with Crippen LogP contribution in [0.1, 0.15) is 26.7 Å². The largest absolute Gasteiger partial charge is 0.379 e. The van der Waals surface area contributed by atoms with Crippen molar-refractivity contribution in [2.45, 2.75) is 32.8 Å². The summed E-state index contributed by atoms with van der Waals surface area (Å²) in [7, 11) is -2.97. The monoisotopic (exact) mass is 263 g/mol. The third kappa shape index (κ3) is 5.50. The minimum absolute atomic E-state index is 0.00132. The van der Waals surface area contributed by atoms with Crippen LogP contribution in [0, 0.1) is 5.92 Å². The number of ether oxygens (including phenoxy) is 1. The van der Waals surface area contributed by atoms with Crippen molar-refractivity contribution < 1.29 is 17.9 Å². The maximum atomic E-state index is 11.6. The number of amides is 1. The second-order valence-corrected chi connectivity index (χ2v) is 6.89. The topological polar surface area (TPSA) is 72.5 Å². The fourth-order valence-electron chi connectivity index (χ4n) is 1.75. The first-order valence-electron chi connectivity index (χ1n) is 6.00. The van der Waals surface area contributed by atoms with Gasteiger partial charge < -0.3 is 10.1 Å². The molecule has 17 heavy (non-hydrogen) atoms. The van der Waals surface area contributed by atoms with Gasteiger partial charge in [0.25, 0.3) is 0 Å². The van der Waals surface area contributed by atoms with Gasteiger partial charge in [0.05, 0.1) is 23.5 Å². The number of hydrogen-bond donors (Lipinski definition) is 1. The van der Waals surface area contributed by atoms with Crippen molar-refractivity contribution in [3.05, 3.63) is 0 Å². The van der Waals surface area contributed by atoms with Gasteiger partial charge in [-0.3, -0.25) is 4.79 Å². The molecule has 1 atom stereocenters. The van der Waals surface area contributed by atoms with Crippen LogP contribution in [-0.2, 0) is 19.4 Å². The van der Waals surface area contributed by atoms with Gasteiger partial charge in [0.1, 0.15) is 0 Å². The van der Waals surface area contributed by atoms with Gasteiger partial charge in [0, 0.05) is 13.2 Å². The summed E-state index contributed by atoms with van der Waals surface area (Å²) in [6, 6.07) is 0. The lowest BCUT2D eigenvalue weighted by molar-refractivity contribution is -0.124. The fraction of sp³-hybridized carbons (Fsp3) is 0.909. The van der Waals surface area contributed by atoms with Gasteiger partial charge in [-0.15, -0.1) is 0 Å². The van der Waals surface area contributed by atoms with E-state index in [1.807, 2.05) is 13.8 Å². The summed E-state index contributed by atoms with van der Waals surface area (Å²) < 4.78 is 27.7. The van der Waals surface area contributed by atoms with E-state index in [1.165, 1.54) is 0 Å². The van der Waals surface area contributed by atoms with Crippen LogP contribution in [0.25, 0.3) is 0 Å². The average Bonchev–Trinajstić information content (AvgIpc) is 2.57. The van der Waals surface area contributed by atoms with E-state index in [9.17, 15) is 13.2 Å². The zero-order valence-electron chi connectivity index (χ0n) is 10.4. The van der Waals surface area contributed by atoms with Crippen molar-refractivity contribution >= 4 is 15.7 Å². The first-order valence-corrected chi connectivity index (χ1v) is 7.82. The summed E-state index contributed by atoms with van der Waals surface area (Å²) in [5.74, 6) is -0.357. The molecule has 0 aromatic carbocycles. The SMILES string of the molecule is CC(C)OCCCNC(=O)C1CCS(=O)(=O)C1. The molecular formula is C11H21NO4S. The van der Waals surface area contributed by atoms with Crippen LogP contribution < -0.4 is 5.32 Å². The highest BCUT2D eigenvalue weighted by molar-refractivity contribution is 7.91. The second kappa shape index (κ2) is 6.35. The molecule has 5 nitrogen and oxygen atoms in total. The van der Waals surface area contributed by atoms with Gasteiger partial charge in [-0.05, 0) is 26.7 Å². The number of sulfone groups is 1. The molecule has 0 aromatic heterocycles. The number of nitrogens with one attached hydrogen (secondary N) is 1. The minimum Gasteiger partial charge on any atom is -0.379 e. The summed E-state index contributed by atoms with van der Waals surface area (Å²) in [5, 5.41) is 2.75. The normalized spacial score (nSPS) is 22.9. The van der Waals surface area contributed by atoms with E-state index in [0.29, 0.717) is 19.6 Å². The lowest BCUT2D eigenvalue weighted by Gasteiger charge is -2.10. The molecule has 1 fully saturated rings. The Hall–Kier alpha value is -0.620. The van der Waals surface area contributed by atoms with Crippen molar-refractivity contribution in [3.63, 3.8) is 0 Å². The first kappa shape index (κ1) is 14.4. The molecule has 0 aromatic rings. The van der Waals surface area contributed by atoms with E-state index in [2.05, 4.69) is 5.32 Å². The molecule has 6 heteroatoms. The average molecular weight is 263 g/mol. The van der Waals surface area contributed by atoms with Gasteiger partial charge in [-0.25, -0.2) is 8.42 Å². The van der Waals surface area contributed by atoms with Gasteiger partial charge in [0.2, 0.25) is 5.91 Å². The second-order valence-electron chi connectivity index (χ2n) is 4.66. The molecular weight excluding hydrogens is 242 g/mol. The molecule has 0 bridgehead atoms. The van der Waals surface area contributed by atoms with Gasteiger partial charge in [-0.1, -0.05) is 0 Å². The Labute approximate surface area is 103 Å². The summed E-state index contributed by atoms with van der Waals surface area (Å²) in [6.45, 7) is 5.08. The summed E-state index contributed by atoms with van der Waals surface area (Å²) in [6.07, 6.45) is 1.41. The lowest BCUT2D eigenvalue weighted by Crippen LogP contribution is -2.32. The Morgan fingerprint density at radius 1 is 1.47 bits per heavy atom. The van der Waals surface area contributed by atoms with Crippen LogP contribution >= 0.6 is 0 Å². The highest BCUT2D eigenvalue weighted by atomic mass is 32.2. The predicted octanol–water partition coefficient (Wildman–Crippen LogP) is 0.352. The third-order valence-electron chi connectivity index (χ3n) is 2.67. The zero-order chi connectivity index (χ0) is 12.9. The highest BCUT2D eigenvalue weighted by Gasteiger charge is 2.32. The van der Waals surface area contributed by atoms with Gasteiger partial charge in [-0.2, -0.15) is 0 Å². The summed E-state index contributed by atoms with van der Waals surface area (Å²) in [4.78, 5) is 11.6. The zero-order valence-corrected chi connectivity index (χ0v) is 11.3. The molecule has 1 unspecified atom stereocenters. The third-order valence-corrected chi connectivity index (χ3v) is 4.44. The summed E-state index contributed by atoms with van der Waals surface area (Å²) in [5.41, 5.74) is 0. The van der Waals surface area contributed by atoms with E-state index < -0.39 is 9.84 Å². The Morgan fingerprint density at radius 3 is 2.71 bits per heavy atom. The fourth-order valence-corrected chi connectivity index (χ4v) is 3.49. The summed E-state index contributed by atoms with van der Waals surface area (Å²) >= 11 is 0. The van der Waals surface area contributed by atoms with Crippen LogP contribution in [-0.4, -0.2) is 45.1 Å². The molecule has 1 heterocycles. The van der Waals surface area contributed by atoms with E-state index in [-0.39, 0.29) is 29.4 Å². The lowest BCUT2D eigenvalue weighted by atomic mass is 10.1. The molecule has 100 valence electrons.